The number of aryl methyl sites for hydroxylation is 1. The largest absolute Gasteiger partial charge is 0.380 e. The van der Waals surface area contributed by atoms with Gasteiger partial charge in [0.2, 0.25) is 0 Å². The van der Waals surface area contributed by atoms with Crippen LogP contribution in [0.3, 0.4) is 0 Å². The average Bonchev–Trinajstić information content (AvgIpc) is 2.95. The second kappa shape index (κ2) is 7.95. The number of methoxy groups -OCH3 is 1. The Hall–Kier alpha value is -2.28. The molecule has 2 aromatic rings. The van der Waals surface area contributed by atoms with Gasteiger partial charge in [-0.3, -0.25) is 0 Å². The summed E-state index contributed by atoms with van der Waals surface area (Å²) in [6.45, 7) is 1.66. The Morgan fingerprint density at radius 1 is 1.15 bits per heavy atom. The molecule has 1 fully saturated rings. The summed E-state index contributed by atoms with van der Waals surface area (Å²) in [5, 5.41) is 3.60. The Morgan fingerprint density at radius 3 is 2.92 bits per heavy atom. The minimum atomic E-state index is 0.222. The van der Waals surface area contributed by atoms with Gasteiger partial charge in [-0.15, -0.1) is 0 Å². The second-order valence-electron chi connectivity index (χ2n) is 7.06. The summed E-state index contributed by atoms with van der Waals surface area (Å²) in [6, 6.07) is 2.27. The van der Waals surface area contributed by atoms with Gasteiger partial charge in [-0.2, -0.15) is 0 Å². The number of hydrogen-bond acceptors (Lipinski definition) is 7. The van der Waals surface area contributed by atoms with Crippen molar-refractivity contribution in [3.05, 3.63) is 36.2 Å². The third-order valence-electron chi connectivity index (χ3n) is 5.45. The second-order valence-corrected chi connectivity index (χ2v) is 7.06. The maximum Gasteiger partial charge on any atom is 0.132 e. The Kier molecular flexibility index (Phi) is 5.24. The van der Waals surface area contributed by atoms with Gasteiger partial charge in [-0.1, -0.05) is 6.42 Å². The molecule has 0 bridgehead atoms. The number of ether oxygens (including phenoxy) is 1. The van der Waals surface area contributed by atoms with E-state index in [1.807, 2.05) is 6.07 Å². The Morgan fingerprint density at radius 2 is 2.08 bits per heavy atom. The van der Waals surface area contributed by atoms with Crippen LogP contribution in [0, 0.1) is 0 Å². The van der Waals surface area contributed by atoms with Crippen LogP contribution in [0.4, 0.5) is 11.6 Å². The molecule has 0 saturated carbocycles. The van der Waals surface area contributed by atoms with Crippen molar-refractivity contribution in [2.24, 2.45) is 0 Å². The molecule has 0 spiro atoms. The molecule has 7 heteroatoms. The van der Waals surface area contributed by atoms with Crippen molar-refractivity contribution in [3.63, 3.8) is 0 Å². The van der Waals surface area contributed by atoms with Crippen LogP contribution >= 0.6 is 0 Å². The summed E-state index contributed by atoms with van der Waals surface area (Å²) in [5.74, 6) is 1.95. The zero-order chi connectivity index (χ0) is 17.8. The van der Waals surface area contributed by atoms with Crippen LogP contribution in [0.5, 0.6) is 0 Å². The maximum atomic E-state index is 5.61. The minimum Gasteiger partial charge on any atom is -0.380 e. The summed E-state index contributed by atoms with van der Waals surface area (Å²) >= 11 is 0. The molecular formula is C19H26N6O. The van der Waals surface area contributed by atoms with Crippen molar-refractivity contribution >= 4 is 11.6 Å². The van der Waals surface area contributed by atoms with Crippen LogP contribution in [0.2, 0.25) is 0 Å². The highest BCUT2D eigenvalue weighted by molar-refractivity contribution is 5.48. The quantitative estimate of drug-likeness (QED) is 0.825. The number of nitrogens with one attached hydrogen (secondary N) is 1. The molecule has 1 N–H and O–H groups in total. The molecule has 1 saturated heterocycles. The van der Waals surface area contributed by atoms with E-state index >= 15 is 0 Å². The van der Waals surface area contributed by atoms with Gasteiger partial charge in [-0.05, 0) is 38.2 Å². The lowest BCUT2D eigenvalue weighted by Gasteiger charge is -2.26. The molecule has 138 valence electrons. The van der Waals surface area contributed by atoms with Gasteiger partial charge in [0.15, 0.2) is 0 Å². The third kappa shape index (κ3) is 3.62. The molecule has 1 aliphatic heterocycles. The average molecular weight is 354 g/mol. The lowest BCUT2D eigenvalue weighted by molar-refractivity contribution is 0.118. The Balaban J connectivity index is 1.50. The highest BCUT2D eigenvalue weighted by Crippen LogP contribution is 2.27. The first kappa shape index (κ1) is 17.1. The van der Waals surface area contributed by atoms with E-state index in [0.717, 1.165) is 44.0 Å². The molecule has 7 nitrogen and oxygen atoms in total. The van der Waals surface area contributed by atoms with E-state index in [-0.39, 0.29) is 6.10 Å². The summed E-state index contributed by atoms with van der Waals surface area (Å²) < 4.78 is 5.61. The van der Waals surface area contributed by atoms with Crippen molar-refractivity contribution in [1.29, 1.82) is 0 Å². The van der Waals surface area contributed by atoms with E-state index in [4.69, 9.17) is 4.74 Å². The Labute approximate surface area is 154 Å². The molecule has 0 amide bonds. The summed E-state index contributed by atoms with van der Waals surface area (Å²) in [4.78, 5) is 19.8. The van der Waals surface area contributed by atoms with Gasteiger partial charge in [-0.25, -0.2) is 19.9 Å². The van der Waals surface area contributed by atoms with Gasteiger partial charge in [0.05, 0.1) is 12.1 Å². The first-order chi connectivity index (χ1) is 12.8. The van der Waals surface area contributed by atoms with E-state index in [9.17, 15) is 0 Å². The minimum absolute atomic E-state index is 0.222. The standard InChI is InChI=1S/C19H26N6O/c1-26-15-9-14(25(11-15)18-7-8-20-12-23-18)10-21-19-16-5-3-2-4-6-17(16)22-13-24-19/h7-8,12-15H,2-6,9-11H2,1H3,(H,21,22,24)/t14-,15-/m1/s1. The zero-order valence-electron chi connectivity index (χ0n) is 15.3. The molecule has 0 unspecified atom stereocenters. The maximum absolute atomic E-state index is 5.61. The molecule has 0 aromatic carbocycles. The molecule has 2 aliphatic rings. The van der Waals surface area contributed by atoms with Gasteiger partial charge in [0, 0.05) is 37.7 Å². The van der Waals surface area contributed by atoms with Crippen LogP contribution in [0.15, 0.2) is 24.9 Å². The summed E-state index contributed by atoms with van der Waals surface area (Å²) in [6.07, 6.45) is 12.1. The highest BCUT2D eigenvalue weighted by Gasteiger charge is 2.33. The molecule has 2 atom stereocenters. The first-order valence-electron chi connectivity index (χ1n) is 9.47. The van der Waals surface area contributed by atoms with Crippen molar-refractivity contribution < 1.29 is 4.74 Å². The number of anilines is 2. The van der Waals surface area contributed by atoms with Crippen LogP contribution in [0.25, 0.3) is 0 Å². The van der Waals surface area contributed by atoms with E-state index < -0.39 is 0 Å². The molecule has 3 heterocycles. The topological polar surface area (TPSA) is 76.1 Å². The van der Waals surface area contributed by atoms with Gasteiger partial charge in [0.1, 0.15) is 24.3 Å². The fourth-order valence-corrected chi connectivity index (χ4v) is 4.04. The van der Waals surface area contributed by atoms with Crippen molar-refractivity contribution in [1.82, 2.24) is 19.9 Å². The fourth-order valence-electron chi connectivity index (χ4n) is 4.04. The van der Waals surface area contributed by atoms with E-state index in [1.54, 1.807) is 26.0 Å². The Bertz CT molecular complexity index is 725. The molecule has 4 rings (SSSR count). The third-order valence-corrected chi connectivity index (χ3v) is 5.45. The zero-order valence-corrected chi connectivity index (χ0v) is 15.3. The number of aromatic nitrogens is 4. The molecule has 2 aromatic heterocycles. The predicted molar refractivity (Wildman–Crippen MR) is 100 cm³/mol. The lowest BCUT2D eigenvalue weighted by Crippen LogP contribution is -2.36. The predicted octanol–water partition coefficient (Wildman–Crippen LogP) is 2.24. The SMILES string of the molecule is CO[C@@H]1C[C@H](CNc2ncnc3c2CCCCC3)N(c2ccncn2)C1. The number of nitrogens with zero attached hydrogens (tertiary/aromatic N) is 5. The van der Waals surface area contributed by atoms with Gasteiger partial charge in [0.25, 0.3) is 0 Å². The van der Waals surface area contributed by atoms with Crippen LogP contribution in [0.1, 0.15) is 36.9 Å². The molecule has 1 aliphatic carbocycles. The number of rotatable bonds is 5. The van der Waals surface area contributed by atoms with Crippen LogP contribution in [-0.4, -0.2) is 52.3 Å². The fraction of sp³-hybridized carbons (Fsp3) is 0.579. The normalized spacial score (nSPS) is 22.7. The number of fused-ring (bicyclic) bond motifs is 1. The van der Waals surface area contributed by atoms with Crippen molar-refractivity contribution in [2.45, 2.75) is 50.7 Å². The van der Waals surface area contributed by atoms with E-state index in [2.05, 4.69) is 30.2 Å². The smallest absolute Gasteiger partial charge is 0.132 e. The molecule has 26 heavy (non-hydrogen) atoms. The van der Waals surface area contributed by atoms with Crippen molar-refractivity contribution in [3.8, 4) is 0 Å². The highest BCUT2D eigenvalue weighted by atomic mass is 16.5. The van der Waals surface area contributed by atoms with Crippen LogP contribution < -0.4 is 10.2 Å². The van der Waals surface area contributed by atoms with E-state index in [1.165, 1.54) is 30.5 Å². The van der Waals surface area contributed by atoms with Crippen molar-refractivity contribution in [2.75, 3.05) is 30.4 Å². The van der Waals surface area contributed by atoms with Crippen LogP contribution in [-0.2, 0) is 17.6 Å². The van der Waals surface area contributed by atoms with Gasteiger partial charge >= 0.3 is 0 Å². The molecular weight excluding hydrogens is 328 g/mol. The molecule has 0 radical (unpaired) electrons. The first-order valence-corrected chi connectivity index (χ1v) is 9.47. The summed E-state index contributed by atoms with van der Waals surface area (Å²) in [7, 11) is 1.78. The monoisotopic (exact) mass is 354 g/mol. The van der Waals surface area contributed by atoms with Gasteiger partial charge < -0.3 is 15.0 Å². The number of hydrogen-bond donors (Lipinski definition) is 1. The van der Waals surface area contributed by atoms with E-state index in [0.29, 0.717) is 6.04 Å². The summed E-state index contributed by atoms with van der Waals surface area (Å²) in [5.41, 5.74) is 2.52. The lowest BCUT2D eigenvalue weighted by atomic mass is 10.1.